The van der Waals surface area contributed by atoms with E-state index in [1.54, 1.807) is 0 Å². The number of rotatable bonds is 7. The maximum Gasteiger partial charge on any atom is 0.510 e. The molecule has 1 fully saturated rings. The second kappa shape index (κ2) is 12.5. The number of hydrogen-bond acceptors (Lipinski definition) is 15. The molecule has 9 N–H and O–H groups in total. The fourth-order valence-electron chi connectivity index (χ4n) is 4.44. The molecule has 1 saturated heterocycles. The van der Waals surface area contributed by atoms with Crippen molar-refractivity contribution in [2.45, 2.75) is 44.3 Å². The van der Waals surface area contributed by atoms with Gasteiger partial charge in [-0.1, -0.05) is 5.16 Å². The van der Waals surface area contributed by atoms with Crippen molar-refractivity contribution < 1.29 is 48.0 Å². The van der Waals surface area contributed by atoms with Crippen molar-refractivity contribution in [2.75, 3.05) is 18.1 Å². The second-order valence-corrected chi connectivity index (χ2v) is 9.49. The molecule has 0 spiro atoms. The van der Waals surface area contributed by atoms with Gasteiger partial charge in [0.15, 0.2) is 30.2 Å². The standard InChI is InChI=1S/C25H26FN7O9.ClH/c1-9(34)11-2-12(14(26)3-15(11)27)19-17-22(42-32-23(17)29)13(5-30-19)10-4-31-33(6-10)8-40-25(38)39-7-16-20(35)21(36)18(28)24(37)41-16;/h2-6,16,18,20-21,24,35-37H,7-8,27-28H2,1H3,(H2,29,32);1H/t16-,18-,20-,21-,24?;/m1./s1. The lowest BCUT2D eigenvalue weighted by atomic mass is 9.98. The van der Waals surface area contributed by atoms with Crippen LogP contribution in [-0.2, 0) is 20.9 Å². The average molecular weight is 624 g/mol. The van der Waals surface area contributed by atoms with Gasteiger partial charge < -0.3 is 51.3 Å². The first-order valence-corrected chi connectivity index (χ1v) is 12.4. The monoisotopic (exact) mass is 623 g/mol. The molecule has 1 aliphatic rings. The number of hydrogen-bond donors (Lipinski definition) is 6. The summed E-state index contributed by atoms with van der Waals surface area (Å²) in [5.74, 6) is -1.15. The van der Waals surface area contributed by atoms with Crippen molar-refractivity contribution in [2.24, 2.45) is 5.73 Å². The first-order valence-electron chi connectivity index (χ1n) is 12.4. The number of anilines is 2. The van der Waals surface area contributed by atoms with Gasteiger partial charge >= 0.3 is 6.16 Å². The number of fused-ring (bicyclic) bond motifs is 1. The summed E-state index contributed by atoms with van der Waals surface area (Å²) in [6, 6.07) is 1.09. The van der Waals surface area contributed by atoms with Crippen molar-refractivity contribution in [3.63, 3.8) is 0 Å². The number of pyridine rings is 1. The van der Waals surface area contributed by atoms with Crippen LogP contribution in [0.25, 0.3) is 33.4 Å². The second-order valence-electron chi connectivity index (χ2n) is 9.49. The Morgan fingerprint density at radius 2 is 1.86 bits per heavy atom. The average Bonchev–Trinajstić information content (AvgIpc) is 3.59. The molecule has 1 aromatic carbocycles. The van der Waals surface area contributed by atoms with Gasteiger partial charge in [0.05, 0.1) is 23.3 Å². The third-order valence-electron chi connectivity index (χ3n) is 6.69. The summed E-state index contributed by atoms with van der Waals surface area (Å²) >= 11 is 0. The summed E-state index contributed by atoms with van der Waals surface area (Å²) in [4.78, 5) is 28.4. The summed E-state index contributed by atoms with van der Waals surface area (Å²) < 4.78 is 36.5. The Morgan fingerprint density at radius 3 is 2.58 bits per heavy atom. The lowest BCUT2D eigenvalue weighted by Gasteiger charge is -2.38. The van der Waals surface area contributed by atoms with E-state index in [-0.39, 0.29) is 64.2 Å². The Labute approximate surface area is 247 Å². The van der Waals surface area contributed by atoms with E-state index in [1.807, 2.05) is 0 Å². The van der Waals surface area contributed by atoms with E-state index in [4.69, 9.17) is 35.9 Å². The van der Waals surface area contributed by atoms with Gasteiger partial charge in [0.1, 0.15) is 30.7 Å². The number of ether oxygens (including phenoxy) is 3. The van der Waals surface area contributed by atoms with Crippen molar-refractivity contribution in [1.29, 1.82) is 0 Å². The van der Waals surface area contributed by atoms with Crippen molar-refractivity contribution in [3.8, 4) is 22.4 Å². The first kappa shape index (κ1) is 31.5. The number of aliphatic hydroxyl groups is 3. The number of nitrogens with two attached hydrogens (primary N) is 3. The molecule has 18 heteroatoms. The molecular formula is C25H27ClFN7O9. The number of halogens is 2. The first-order chi connectivity index (χ1) is 20.0. The molecule has 43 heavy (non-hydrogen) atoms. The number of Topliss-reactive ketones (excluding diaryl/α,β-unsaturated/α-hetero) is 1. The van der Waals surface area contributed by atoms with Gasteiger partial charge in [-0.05, 0) is 19.1 Å². The zero-order valence-electron chi connectivity index (χ0n) is 22.3. The molecule has 230 valence electrons. The number of carbonyl (C=O) groups excluding carboxylic acids is 2. The van der Waals surface area contributed by atoms with E-state index < -0.39 is 49.2 Å². The minimum Gasteiger partial charge on any atom is -0.431 e. The van der Waals surface area contributed by atoms with Gasteiger partial charge in [-0.15, -0.1) is 12.4 Å². The number of ketones is 1. The number of benzene rings is 1. The van der Waals surface area contributed by atoms with Crippen LogP contribution in [0.3, 0.4) is 0 Å². The van der Waals surface area contributed by atoms with E-state index in [0.29, 0.717) is 11.1 Å². The predicted molar refractivity (Wildman–Crippen MR) is 148 cm³/mol. The van der Waals surface area contributed by atoms with Crippen LogP contribution in [0.1, 0.15) is 17.3 Å². The Hall–Kier alpha value is -4.39. The van der Waals surface area contributed by atoms with E-state index >= 15 is 0 Å². The van der Waals surface area contributed by atoms with Crippen LogP contribution in [0.4, 0.5) is 20.7 Å². The smallest absolute Gasteiger partial charge is 0.431 e. The molecule has 3 aromatic heterocycles. The largest absolute Gasteiger partial charge is 0.510 e. The zero-order chi connectivity index (χ0) is 30.3. The number of carbonyl (C=O) groups is 2. The van der Waals surface area contributed by atoms with Crippen molar-refractivity contribution in [1.82, 2.24) is 19.9 Å². The Kier molecular flexibility index (Phi) is 9.14. The molecule has 0 bridgehead atoms. The molecule has 5 rings (SSSR count). The highest BCUT2D eigenvalue weighted by molar-refractivity contribution is 6.06. The zero-order valence-corrected chi connectivity index (χ0v) is 23.1. The number of aromatic nitrogens is 4. The third-order valence-corrected chi connectivity index (χ3v) is 6.69. The molecule has 4 aromatic rings. The quantitative estimate of drug-likeness (QED) is 0.0933. The minimum atomic E-state index is -1.56. The summed E-state index contributed by atoms with van der Waals surface area (Å²) in [5, 5.41) is 37.6. The Bertz CT molecular complexity index is 1670. The molecule has 1 aliphatic heterocycles. The molecule has 0 amide bonds. The number of nitrogen functional groups attached to an aromatic ring is 2. The summed E-state index contributed by atoms with van der Waals surface area (Å²) in [6.07, 6.45) is -2.64. The van der Waals surface area contributed by atoms with E-state index in [9.17, 15) is 29.3 Å². The fourth-order valence-corrected chi connectivity index (χ4v) is 4.44. The fraction of sp³-hybridized carbons (Fsp3) is 0.320. The van der Waals surface area contributed by atoms with Crippen LogP contribution in [0.2, 0.25) is 0 Å². The van der Waals surface area contributed by atoms with Gasteiger partial charge in [-0.2, -0.15) is 5.10 Å². The lowest BCUT2D eigenvalue weighted by Crippen LogP contribution is -2.62. The molecular weight excluding hydrogens is 597 g/mol. The van der Waals surface area contributed by atoms with Gasteiger partial charge in [0.25, 0.3) is 0 Å². The third kappa shape index (κ3) is 6.07. The van der Waals surface area contributed by atoms with Gasteiger partial charge in [0, 0.05) is 40.3 Å². The van der Waals surface area contributed by atoms with Gasteiger partial charge in [-0.3, -0.25) is 9.78 Å². The minimum absolute atomic E-state index is 0. The number of nitrogens with zero attached hydrogens (tertiary/aromatic N) is 4. The predicted octanol–water partition coefficient (Wildman–Crippen LogP) is 0.558. The van der Waals surface area contributed by atoms with Crippen molar-refractivity contribution in [3.05, 3.63) is 42.1 Å². The molecule has 1 unspecified atom stereocenters. The maximum absolute atomic E-state index is 14.9. The van der Waals surface area contributed by atoms with Crippen LogP contribution >= 0.6 is 12.4 Å². The van der Waals surface area contributed by atoms with E-state index in [0.717, 1.165) is 6.07 Å². The summed E-state index contributed by atoms with van der Waals surface area (Å²) in [5.41, 5.74) is 18.5. The highest BCUT2D eigenvalue weighted by Gasteiger charge is 2.42. The van der Waals surface area contributed by atoms with Crippen LogP contribution in [-0.4, -0.2) is 84.4 Å². The van der Waals surface area contributed by atoms with Crippen LogP contribution in [0.5, 0.6) is 0 Å². The highest BCUT2D eigenvalue weighted by Crippen LogP contribution is 2.38. The lowest BCUT2D eigenvalue weighted by molar-refractivity contribution is -0.249. The van der Waals surface area contributed by atoms with E-state index in [2.05, 4.69) is 15.2 Å². The molecule has 5 atom stereocenters. The molecule has 0 radical (unpaired) electrons. The highest BCUT2D eigenvalue weighted by atomic mass is 35.5. The van der Waals surface area contributed by atoms with Crippen molar-refractivity contribution >= 4 is 46.8 Å². The Morgan fingerprint density at radius 1 is 1.12 bits per heavy atom. The van der Waals surface area contributed by atoms with Crippen LogP contribution < -0.4 is 17.2 Å². The Balaban J connectivity index is 0.00000423. The maximum atomic E-state index is 14.9. The van der Waals surface area contributed by atoms with Gasteiger partial charge in [0.2, 0.25) is 0 Å². The van der Waals surface area contributed by atoms with E-state index in [1.165, 1.54) is 36.3 Å². The summed E-state index contributed by atoms with van der Waals surface area (Å²) in [6.45, 7) is 0.383. The van der Waals surface area contributed by atoms with Crippen LogP contribution in [0.15, 0.2) is 35.2 Å². The molecule has 4 heterocycles. The molecule has 16 nitrogen and oxygen atoms in total. The number of aliphatic hydroxyl groups excluding tert-OH is 3. The molecule has 0 saturated carbocycles. The normalized spacial score (nSPS) is 21.8. The topological polar surface area (TPSA) is 257 Å². The van der Waals surface area contributed by atoms with Crippen LogP contribution in [0, 0.1) is 5.82 Å². The summed E-state index contributed by atoms with van der Waals surface area (Å²) in [7, 11) is 0. The molecule has 0 aliphatic carbocycles. The SMILES string of the molecule is CC(=O)c1cc(-c2ncc(-c3cnn(COC(=O)OC[C@H]4OC(O)[C@H](N)[C@@H](O)[C@@H]4O)c3)c3onc(N)c23)c(F)cc1N.Cl. The van der Waals surface area contributed by atoms with Gasteiger partial charge in [-0.25, -0.2) is 13.9 Å².